The maximum absolute atomic E-state index is 6.71. The summed E-state index contributed by atoms with van der Waals surface area (Å²) in [6.45, 7) is 9.49. The van der Waals surface area contributed by atoms with E-state index in [0.717, 1.165) is 33.6 Å². The van der Waals surface area contributed by atoms with Gasteiger partial charge < -0.3 is 9.32 Å². The zero-order valence-corrected chi connectivity index (χ0v) is 34.3. The highest BCUT2D eigenvalue weighted by Crippen LogP contribution is 2.57. The van der Waals surface area contributed by atoms with E-state index in [0.29, 0.717) is 0 Å². The largest absolute Gasteiger partial charge is 0.456 e. The molecule has 2 aliphatic rings. The van der Waals surface area contributed by atoms with E-state index in [-0.39, 0.29) is 10.8 Å². The van der Waals surface area contributed by atoms with E-state index in [1.807, 2.05) is 0 Å². The number of hydrogen-bond acceptors (Lipinski definition) is 2. The predicted molar refractivity (Wildman–Crippen MR) is 252 cm³/mol. The third-order valence-corrected chi connectivity index (χ3v) is 13.6. The SMILES string of the molecule is CC1(C)c2ccccc2-c2ccc(N(c3ccc(-c4ccccc4)cc3)c3ccc4c(c3)C(C)(C)c3cc5oc6ccccc6c5c(-c5ccc6ccccc6c5)c3-4)cc21. The molecule has 2 aliphatic carbocycles. The van der Waals surface area contributed by atoms with Gasteiger partial charge in [0.05, 0.1) is 0 Å². The van der Waals surface area contributed by atoms with Crippen molar-refractivity contribution in [3.05, 3.63) is 210 Å². The maximum Gasteiger partial charge on any atom is 0.136 e. The number of anilines is 3. The van der Waals surface area contributed by atoms with Gasteiger partial charge in [-0.2, -0.15) is 0 Å². The molecule has 0 saturated heterocycles. The van der Waals surface area contributed by atoms with Crippen LogP contribution in [-0.4, -0.2) is 0 Å². The Morgan fingerprint density at radius 2 is 0.950 bits per heavy atom. The van der Waals surface area contributed by atoms with E-state index < -0.39 is 0 Å². The molecule has 1 aromatic heterocycles. The molecule has 0 atom stereocenters. The fraction of sp³-hybridized carbons (Fsp3) is 0.103. The normalized spacial score (nSPS) is 14.3. The summed E-state index contributed by atoms with van der Waals surface area (Å²) in [7, 11) is 0. The third-order valence-electron chi connectivity index (χ3n) is 13.6. The summed E-state index contributed by atoms with van der Waals surface area (Å²) in [6, 6.07) is 69.3. The Kier molecular flexibility index (Phi) is 7.36. The van der Waals surface area contributed by atoms with E-state index >= 15 is 0 Å². The highest BCUT2D eigenvalue weighted by Gasteiger charge is 2.40. The molecule has 2 heteroatoms. The molecule has 0 radical (unpaired) electrons. The summed E-state index contributed by atoms with van der Waals surface area (Å²) in [5.41, 5.74) is 20.3. The Balaban J connectivity index is 1.07. The minimum Gasteiger partial charge on any atom is -0.456 e. The molecule has 10 aromatic rings. The Morgan fingerprint density at radius 1 is 0.367 bits per heavy atom. The van der Waals surface area contributed by atoms with Crippen molar-refractivity contribution in [2.24, 2.45) is 0 Å². The highest BCUT2D eigenvalue weighted by atomic mass is 16.3. The summed E-state index contributed by atoms with van der Waals surface area (Å²) in [5.74, 6) is 0. The minimum absolute atomic E-state index is 0.118. The van der Waals surface area contributed by atoms with Crippen LogP contribution in [0.1, 0.15) is 49.9 Å². The molecule has 0 N–H and O–H groups in total. The molecule has 1 heterocycles. The smallest absolute Gasteiger partial charge is 0.136 e. The number of benzene rings is 9. The summed E-state index contributed by atoms with van der Waals surface area (Å²) in [4.78, 5) is 2.46. The zero-order chi connectivity index (χ0) is 40.3. The van der Waals surface area contributed by atoms with Gasteiger partial charge in [-0.05, 0) is 127 Å². The van der Waals surface area contributed by atoms with E-state index in [1.165, 1.54) is 82.9 Å². The number of nitrogens with zero attached hydrogens (tertiary/aromatic N) is 1. The van der Waals surface area contributed by atoms with Crippen molar-refractivity contribution in [1.29, 1.82) is 0 Å². The van der Waals surface area contributed by atoms with Gasteiger partial charge in [0.15, 0.2) is 0 Å². The zero-order valence-electron chi connectivity index (χ0n) is 34.3. The van der Waals surface area contributed by atoms with Crippen LogP contribution in [0.2, 0.25) is 0 Å². The van der Waals surface area contributed by atoms with Gasteiger partial charge >= 0.3 is 0 Å². The first-order chi connectivity index (χ1) is 29.3. The fourth-order valence-corrected chi connectivity index (χ4v) is 10.6. The summed E-state index contributed by atoms with van der Waals surface area (Å²) >= 11 is 0. The number of fused-ring (bicyclic) bond motifs is 10. The van der Waals surface area contributed by atoms with Crippen LogP contribution in [0.5, 0.6) is 0 Å². The lowest BCUT2D eigenvalue weighted by Crippen LogP contribution is -2.18. The van der Waals surface area contributed by atoms with Crippen LogP contribution in [0, 0.1) is 0 Å². The fourth-order valence-electron chi connectivity index (χ4n) is 10.6. The first kappa shape index (κ1) is 34.8. The van der Waals surface area contributed by atoms with Gasteiger partial charge in [-0.25, -0.2) is 0 Å². The van der Waals surface area contributed by atoms with Crippen LogP contribution < -0.4 is 4.90 Å². The average molecular weight is 770 g/mol. The molecule has 60 heavy (non-hydrogen) atoms. The molecule has 0 spiro atoms. The van der Waals surface area contributed by atoms with E-state index in [4.69, 9.17) is 4.42 Å². The van der Waals surface area contributed by atoms with Gasteiger partial charge in [0.1, 0.15) is 11.2 Å². The van der Waals surface area contributed by atoms with Crippen molar-refractivity contribution in [3.8, 4) is 44.5 Å². The maximum atomic E-state index is 6.71. The third kappa shape index (κ3) is 5.01. The van der Waals surface area contributed by atoms with Gasteiger partial charge in [-0.3, -0.25) is 0 Å². The van der Waals surface area contributed by atoms with Crippen LogP contribution in [0.25, 0.3) is 77.2 Å². The van der Waals surface area contributed by atoms with Gasteiger partial charge in [-0.15, -0.1) is 0 Å². The van der Waals surface area contributed by atoms with Crippen molar-refractivity contribution in [2.75, 3.05) is 4.90 Å². The second-order valence-electron chi connectivity index (χ2n) is 17.7. The molecule has 0 bridgehead atoms. The van der Waals surface area contributed by atoms with Gasteiger partial charge in [0.25, 0.3) is 0 Å². The van der Waals surface area contributed by atoms with Gasteiger partial charge in [0.2, 0.25) is 0 Å². The quantitative estimate of drug-likeness (QED) is 0.173. The summed E-state index contributed by atoms with van der Waals surface area (Å²) in [6.07, 6.45) is 0. The number of furan rings is 1. The van der Waals surface area contributed by atoms with Crippen LogP contribution in [-0.2, 0) is 10.8 Å². The van der Waals surface area contributed by atoms with Crippen LogP contribution in [0.4, 0.5) is 17.1 Å². The first-order valence-electron chi connectivity index (χ1n) is 21.1. The van der Waals surface area contributed by atoms with Gasteiger partial charge in [-0.1, -0.05) is 161 Å². The Morgan fingerprint density at radius 3 is 1.75 bits per heavy atom. The first-order valence-corrected chi connectivity index (χ1v) is 21.1. The molecular weight excluding hydrogens is 727 g/mol. The average Bonchev–Trinajstić information content (AvgIpc) is 3.85. The van der Waals surface area contributed by atoms with Crippen molar-refractivity contribution < 1.29 is 4.42 Å². The Hall–Kier alpha value is -7.16. The van der Waals surface area contributed by atoms with Crippen molar-refractivity contribution in [3.63, 3.8) is 0 Å². The standard InChI is InChI=1S/C58H43NO/c1-57(2)48-20-12-10-18-44(48)45-30-28-42(33-49(45)57)59(41-26-24-38(25-27-41)36-14-6-5-7-15-36)43-29-31-46-50(34-43)58(3,4)51-35-53-56(47-19-11-13-21-52(47)60-53)54(55(46)51)40-23-22-37-16-8-9-17-39(37)32-40/h5-35H,1-4H3. The molecule has 0 unspecified atom stereocenters. The highest BCUT2D eigenvalue weighted by molar-refractivity contribution is 6.18. The van der Waals surface area contributed by atoms with Crippen LogP contribution in [0.15, 0.2) is 192 Å². The van der Waals surface area contributed by atoms with Crippen molar-refractivity contribution in [1.82, 2.24) is 0 Å². The molecule has 2 nitrogen and oxygen atoms in total. The molecule has 12 rings (SSSR count). The summed E-state index contributed by atoms with van der Waals surface area (Å²) in [5, 5.41) is 4.79. The molecule has 0 amide bonds. The molecule has 0 fully saturated rings. The van der Waals surface area contributed by atoms with E-state index in [1.54, 1.807) is 0 Å². The topological polar surface area (TPSA) is 16.4 Å². The number of rotatable bonds is 5. The molecule has 0 saturated carbocycles. The Labute approximate surface area is 351 Å². The lowest BCUT2D eigenvalue weighted by molar-refractivity contribution is 0.647. The summed E-state index contributed by atoms with van der Waals surface area (Å²) < 4.78 is 6.71. The second-order valence-corrected chi connectivity index (χ2v) is 17.7. The van der Waals surface area contributed by atoms with Crippen LogP contribution in [0.3, 0.4) is 0 Å². The molecule has 286 valence electrons. The van der Waals surface area contributed by atoms with E-state index in [9.17, 15) is 0 Å². The van der Waals surface area contributed by atoms with Crippen LogP contribution >= 0.6 is 0 Å². The van der Waals surface area contributed by atoms with E-state index in [2.05, 4.69) is 221 Å². The van der Waals surface area contributed by atoms with Crippen molar-refractivity contribution in [2.45, 2.75) is 38.5 Å². The molecule has 9 aromatic carbocycles. The lowest BCUT2D eigenvalue weighted by Gasteiger charge is -2.30. The monoisotopic (exact) mass is 769 g/mol. The Bertz CT molecular complexity index is 3370. The van der Waals surface area contributed by atoms with Gasteiger partial charge in [0, 0.05) is 44.2 Å². The predicted octanol–water partition coefficient (Wildman–Crippen LogP) is 16.2. The molecular formula is C58H43NO. The minimum atomic E-state index is -0.302. The van der Waals surface area contributed by atoms with Crippen molar-refractivity contribution >= 4 is 49.8 Å². The number of para-hydroxylation sites is 1. The lowest BCUT2D eigenvalue weighted by atomic mass is 9.81. The second kappa shape index (κ2) is 12.7. The number of hydrogen-bond donors (Lipinski definition) is 0. The molecule has 0 aliphatic heterocycles.